The second kappa shape index (κ2) is 7.63. The van der Waals surface area contributed by atoms with Crippen LogP contribution in [0.4, 0.5) is 4.39 Å². The van der Waals surface area contributed by atoms with Crippen molar-refractivity contribution in [1.29, 1.82) is 0 Å². The molecule has 0 unspecified atom stereocenters. The van der Waals surface area contributed by atoms with E-state index in [0.29, 0.717) is 12.1 Å². The van der Waals surface area contributed by atoms with Crippen molar-refractivity contribution in [3.8, 4) is 0 Å². The fraction of sp³-hybridized carbons (Fsp3) is 0.364. The Morgan fingerprint density at radius 1 is 1.53 bits per heavy atom. The van der Waals surface area contributed by atoms with E-state index in [0.717, 1.165) is 4.47 Å². The van der Waals surface area contributed by atoms with Gasteiger partial charge in [-0.25, -0.2) is 4.39 Å². The second-order valence-corrected chi connectivity index (χ2v) is 4.37. The zero-order valence-electron chi connectivity index (χ0n) is 9.59. The van der Waals surface area contributed by atoms with E-state index in [1.807, 2.05) is 0 Å². The number of hydrogen-bond donors (Lipinski definition) is 2. The van der Waals surface area contributed by atoms with Crippen molar-refractivity contribution in [3.05, 3.63) is 34.1 Å². The Morgan fingerprint density at radius 2 is 2.18 bits per heavy atom. The van der Waals surface area contributed by atoms with Gasteiger partial charge in [0, 0.05) is 23.6 Å². The smallest absolute Gasteiger partial charge is 0.236 e. The predicted molar refractivity (Wildman–Crippen MR) is 71.7 cm³/mol. The molecule has 0 heterocycles. The molecular weight excluding hydrogens is 310 g/mol. The molecule has 6 heteroatoms. The van der Waals surface area contributed by atoms with Gasteiger partial charge in [0.25, 0.3) is 0 Å². The summed E-state index contributed by atoms with van der Waals surface area (Å²) in [7, 11) is 1.57. The van der Waals surface area contributed by atoms with E-state index in [1.54, 1.807) is 26.1 Å². The van der Waals surface area contributed by atoms with Gasteiger partial charge in [0.2, 0.25) is 5.91 Å². The van der Waals surface area contributed by atoms with Crippen LogP contribution in [0.25, 0.3) is 0 Å². The van der Waals surface area contributed by atoms with Gasteiger partial charge < -0.3 is 10.6 Å². The van der Waals surface area contributed by atoms with Gasteiger partial charge in [-0.2, -0.15) is 0 Å². The van der Waals surface area contributed by atoms with Gasteiger partial charge in [-0.1, -0.05) is 15.9 Å². The van der Waals surface area contributed by atoms with Gasteiger partial charge in [0.15, 0.2) is 0 Å². The Balaban J connectivity index is 0.00000256. The lowest BCUT2D eigenvalue weighted by molar-refractivity contribution is -0.122. The molecule has 1 rings (SSSR count). The summed E-state index contributed by atoms with van der Waals surface area (Å²) in [4.78, 5) is 11.2. The van der Waals surface area contributed by atoms with Crippen molar-refractivity contribution < 1.29 is 9.18 Å². The molecule has 17 heavy (non-hydrogen) atoms. The number of rotatable bonds is 4. The number of halogens is 3. The summed E-state index contributed by atoms with van der Waals surface area (Å²) < 4.78 is 14.2. The summed E-state index contributed by atoms with van der Waals surface area (Å²) in [6, 6.07) is 4.38. The molecule has 0 radical (unpaired) electrons. The maximum atomic E-state index is 13.3. The first kappa shape index (κ1) is 16.4. The van der Waals surface area contributed by atoms with E-state index in [-0.39, 0.29) is 30.2 Å². The maximum Gasteiger partial charge on any atom is 0.236 e. The molecule has 1 atom stereocenters. The Bertz CT molecular complexity index is 390. The van der Waals surface area contributed by atoms with E-state index in [2.05, 4.69) is 26.6 Å². The molecule has 0 fully saturated rings. The Hall–Kier alpha value is -0.650. The SMILES string of the molecule is CNC(=O)[C@@H](C)NCc1cc(Br)ccc1F.Cl. The summed E-state index contributed by atoms with van der Waals surface area (Å²) in [6.07, 6.45) is 0. The van der Waals surface area contributed by atoms with Gasteiger partial charge in [-0.3, -0.25) is 4.79 Å². The first-order valence-corrected chi connectivity index (χ1v) is 5.72. The second-order valence-electron chi connectivity index (χ2n) is 3.45. The third-order valence-corrected chi connectivity index (χ3v) is 2.74. The Labute approximate surface area is 115 Å². The molecule has 0 aliphatic carbocycles. The van der Waals surface area contributed by atoms with Crippen LogP contribution in [-0.4, -0.2) is 19.0 Å². The number of hydrogen-bond acceptors (Lipinski definition) is 2. The quantitative estimate of drug-likeness (QED) is 0.891. The molecule has 1 aromatic rings. The van der Waals surface area contributed by atoms with E-state index in [9.17, 15) is 9.18 Å². The fourth-order valence-corrected chi connectivity index (χ4v) is 1.66. The zero-order chi connectivity index (χ0) is 12.1. The van der Waals surface area contributed by atoms with Crippen LogP contribution >= 0.6 is 28.3 Å². The molecule has 2 N–H and O–H groups in total. The first-order valence-electron chi connectivity index (χ1n) is 4.93. The molecule has 0 aliphatic rings. The van der Waals surface area contributed by atoms with Crippen molar-refractivity contribution in [2.24, 2.45) is 0 Å². The highest BCUT2D eigenvalue weighted by Gasteiger charge is 2.11. The highest BCUT2D eigenvalue weighted by atomic mass is 79.9. The molecule has 0 aliphatic heterocycles. The van der Waals surface area contributed by atoms with Gasteiger partial charge in [0.05, 0.1) is 6.04 Å². The molecule has 0 saturated carbocycles. The van der Waals surface area contributed by atoms with Gasteiger partial charge >= 0.3 is 0 Å². The summed E-state index contributed by atoms with van der Waals surface area (Å²) >= 11 is 3.27. The number of amides is 1. The fourth-order valence-electron chi connectivity index (χ4n) is 1.25. The minimum Gasteiger partial charge on any atom is -0.358 e. The molecule has 3 nitrogen and oxygen atoms in total. The van der Waals surface area contributed by atoms with Crippen molar-refractivity contribution in [3.63, 3.8) is 0 Å². The molecule has 96 valence electrons. The average Bonchev–Trinajstić information content (AvgIpc) is 2.28. The minimum absolute atomic E-state index is 0. The van der Waals surface area contributed by atoms with E-state index in [1.165, 1.54) is 6.07 Å². The number of likely N-dealkylation sites (N-methyl/N-ethyl adjacent to an activating group) is 1. The van der Waals surface area contributed by atoms with Crippen LogP contribution < -0.4 is 10.6 Å². The van der Waals surface area contributed by atoms with Crippen LogP contribution in [0.3, 0.4) is 0 Å². The monoisotopic (exact) mass is 324 g/mol. The molecule has 0 spiro atoms. The van der Waals surface area contributed by atoms with E-state index in [4.69, 9.17) is 0 Å². The predicted octanol–water partition coefficient (Wildman–Crippen LogP) is 2.23. The van der Waals surface area contributed by atoms with Crippen molar-refractivity contribution in [1.82, 2.24) is 10.6 Å². The molecule has 1 aromatic carbocycles. The van der Waals surface area contributed by atoms with E-state index < -0.39 is 0 Å². The zero-order valence-corrected chi connectivity index (χ0v) is 12.0. The highest BCUT2D eigenvalue weighted by Crippen LogP contribution is 2.15. The number of carbonyl (C=O) groups is 1. The molecule has 0 bridgehead atoms. The summed E-state index contributed by atoms with van der Waals surface area (Å²) in [5.41, 5.74) is 0.533. The normalized spacial score (nSPS) is 11.5. The Kier molecular flexibility index (Phi) is 7.34. The first-order chi connectivity index (χ1) is 7.54. The summed E-state index contributed by atoms with van der Waals surface area (Å²) in [5, 5.41) is 5.47. The average molecular weight is 326 g/mol. The van der Waals surface area contributed by atoms with Crippen molar-refractivity contribution in [2.75, 3.05) is 7.05 Å². The molecular formula is C11H15BrClFN2O. The van der Waals surface area contributed by atoms with Gasteiger partial charge in [-0.15, -0.1) is 12.4 Å². The van der Waals surface area contributed by atoms with E-state index >= 15 is 0 Å². The van der Waals surface area contributed by atoms with Gasteiger partial charge in [-0.05, 0) is 25.1 Å². The lowest BCUT2D eigenvalue weighted by Crippen LogP contribution is -2.40. The standard InChI is InChI=1S/C11H14BrFN2O.ClH/c1-7(11(16)14-2)15-6-8-5-9(12)3-4-10(8)13;/h3-5,7,15H,6H2,1-2H3,(H,14,16);1H/t7-;/m1./s1. The minimum atomic E-state index is -0.344. The van der Waals surface area contributed by atoms with Gasteiger partial charge in [0.1, 0.15) is 5.82 Å². The summed E-state index contributed by atoms with van der Waals surface area (Å²) in [6.45, 7) is 2.05. The summed E-state index contributed by atoms with van der Waals surface area (Å²) in [5.74, 6) is -0.393. The number of nitrogens with one attached hydrogen (secondary N) is 2. The third-order valence-electron chi connectivity index (χ3n) is 2.25. The largest absolute Gasteiger partial charge is 0.358 e. The molecule has 0 aromatic heterocycles. The van der Waals surface area contributed by atoms with Crippen molar-refractivity contribution >= 4 is 34.2 Å². The van der Waals surface area contributed by atoms with Crippen LogP contribution in [0.2, 0.25) is 0 Å². The van der Waals surface area contributed by atoms with Crippen LogP contribution in [0.1, 0.15) is 12.5 Å². The third kappa shape index (κ3) is 5.02. The molecule has 0 saturated heterocycles. The van der Waals surface area contributed by atoms with Crippen molar-refractivity contribution in [2.45, 2.75) is 19.5 Å². The lowest BCUT2D eigenvalue weighted by atomic mass is 10.2. The number of benzene rings is 1. The number of carbonyl (C=O) groups excluding carboxylic acids is 1. The maximum absolute atomic E-state index is 13.3. The van der Waals surface area contributed by atoms with Crippen LogP contribution in [-0.2, 0) is 11.3 Å². The van der Waals surface area contributed by atoms with Crippen LogP contribution in [0.5, 0.6) is 0 Å². The lowest BCUT2D eigenvalue weighted by Gasteiger charge is -2.12. The van der Waals surface area contributed by atoms with Crippen LogP contribution in [0.15, 0.2) is 22.7 Å². The molecule has 1 amide bonds. The Morgan fingerprint density at radius 3 is 2.76 bits per heavy atom. The van der Waals surface area contributed by atoms with Crippen LogP contribution in [0, 0.1) is 5.82 Å². The highest BCUT2D eigenvalue weighted by molar-refractivity contribution is 9.10. The topological polar surface area (TPSA) is 41.1 Å².